The van der Waals surface area contributed by atoms with Gasteiger partial charge in [-0.05, 0) is 63.4 Å². The van der Waals surface area contributed by atoms with Crippen molar-refractivity contribution in [1.82, 2.24) is 4.90 Å². The van der Waals surface area contributed by atoms with Gasteiger partial charge in [-0.25, -0.2) is 0 Å². The molecule has 2 aliphatic rings. The smallest absolute Gasteiger partial charge is 0.396 e. The van der Waals surface area contributed by atoms with E-state index >= 15 is 0 Å². The molecule has 2 aliphatic heterocycles. The summed E-state index contributed by atoms with van der Waals surface area (Å²) in [6.07, 6.45) is 5.51. The third-order valence-electron chi connectivity index (χ3n) is 3.74. The first-order valence-corrected chi connectivity index (χ1v) is 7.53. The van der Waals surface area contributed by atoms with Crippen LogP contribution in [0.3, 0.4) is 0 Å². The highest BCUT2D eigenvalue weighted by atomic mass is 19.3. The van der Waals surface area contributed by atoms with Crippen LogP contribution in [0.5, 0.6) is 0 Å². The van der Waals surface area contributed by atoms with E-state index in [1.807, 2.05) is 6.92 Å². The van der Waals surface area contributed by atoms with Gasteiger partial charge in [0.15, 0.2) is 11.5 Å². The third-order valence-corrected chi connectivity index (χ3v) is 3.74. The van der Waals surface area contributed by atoms with Crippen LogP contribution in [0.4, 0.5) is 8.78 Å². The van der Waals surface area contributed by atoms with Crippen molar-refractivity contribution in [2.45, 2.75) is 38.9 Å². The molecule has 2 rings (SSSR count). The van der Waals surface area contributed by atoms with Gasteiger partial charge in [-0.2, -0.15) is 0 Å². The highest BCUT2D eigenvalue weighted by Crippen LogP contribution is 2.37. The van der Waals surface area contributed by atoms with Crippen LogP contribution in [0.2, 0.25) is 0 Å². The van der Waals surface area contributed by atoms with Crippen LogP contribution in [0.15, 0.2) is 36.3 Å². The minimum Gasteiger partial charge on any atom is -0.396 e. The Balaban J connectivity index is 1.85. The summed E-state index contributed by atoms with van der Waals surface area (Å²) in [7, 11) is 0. The van der Waals surface area contributed by atoms with E-state index in [2.05, 4.69) is 21.0 Å². The molecule has 1 unspecified atom stereocenters. The van der Waals surface area contributed by atoms with Gasteiger partial charge in [-0.1, -0.05) is 19.6 Å². The number of ether oxygens (including phenoxy) is 2. The molecule has 5 heteroatoms. The predicted molar refractivity (Wildman–Crippen MR) is 77.6 cm³/mol. The van der Waals surface area contributed by atoms with Crippen LogP contribution in [0.1, 0.15) is 32.6 Å². The summed E-state index contributed by atoms with van der Waals surface area (Å²) in [5.41, 5.74) is 0. The van der Waals surface area contributed by atoms with Crippen LogP contribution < -0.4 is 0 Å². The summed E-state index contributed by atoms with van der Waals surface area (Å²) in [6, 6.07) is 0. The van der Waals surface area contributed by atoms with Gasteiger partial charge in [0.1, 0.15) is 0 Å². The van der Waals surface area contributed by atoms with E-state index in [1.165, 1.54) is 38.1 Å². The highest BCUT2D eigenvalue weighted by molar-refractivity contribution is 5.27. The van der Waals surface area contributed by atoms with Crippen molar-refractivity contribution >= 4 is 0 Å². The van der Waals surface area contributed by atoms with E-state index in [9.17, 15) is 8.78 Å². The van der Waals surface area contributed by atoms with Gasteiger partial charge in [-0.3, -0.25) is 0 Å². The van der Waals surface area contributed by atoms with Crippen molar-refractivity contribution in [1.29, 1.82) is 0 Å². The number of alkyl halides is 2. The second kappa shape index (κ2) is 7.07. The number of nitrogens with zero attached hydrogens (tertiary/aromatic N) is 1. The molecule has 21 heavy (non-hydrogen) atoms. The Morgan fingerprint density at radius 2 is 1.95 bits per heavy atom. The molecule has 0 aromatic heterocycles. The monoisotopic (exact) mass is 299 g/mol. The quantitative estimate of drug-likeness (QED) is 0.738. The molecule has 2 fully saturated rings. The van der Waals surface area contributed by atoms with Gasteiger partial charge >= 0.3 is 6.29 Å². The molecule has 0 bridgehead atoms. The lowest BCUT2D eigenvalue weighted by Gasteiger charge is -2.15. The lowest BCUT2D eigenvalue weighted by molar-refractivity contribution is -0.326. The summed E-state index contributed by atoms with van der Waals surface area (Å²) in [6.45, 7) is 8.94. The number of rotatable bonds is 6. The second-order valence-corrected chi connectivity index (χ2v) is 5.63. The van der Waals surface area contributed by atoms with Crippen LogP contribution in [-0.4, -0.2) is 30.8 Å². The Bertz CT molecular complexity index is 426. The molecule has 0 aliphatic carbocycles. The summed E-state index contributed by atoms with van der Waals surface area (Å²) < 4.78 is 35.2. The summed E-state index contributed by atoms with van der Waals surface area (Å²) in [5, 5.41) is 0. The fourth-order valence-electron chi connectivity index (χ4n) is 2.70. The Kier molecular flexibility index (Phi) is 5.39. The molecule has 1 atom stereocenters. The minimum atomic E-state index is -3.57. The molecule has 3 nitrogen and oxygen atoms in total. The Hall–Kier alpha value is -1.36. The zero-order valence-corrected chi connectivity index (χ0v) is 12.5. The standard InChI is InChI=1S/C16H23F2NO2/c1-3-7-14-15(21-16(17,18)20-14)12-13(2)8-6-11-19-9-4-5-10-19/h3,7,12-13H,1,4-6,8-11H2,2H3/b14-7+,15-12+. The Labute approximate surface area is 124 Å². The van der Waals surface area contributed by atoms with Crippen molar-refractivity contribution in [3.8, 4) is 0 Å². The van der Waals surface area contributed by atoms with Gasteiger partial charge in [0.2, 0.25) is 0 Å². The van der Waals surface area contributed by atoms with Crippen LogP contribution >= 0.6 is 0 Å². The maximum absolute atomic E-state index is 13.1. The zero-order valence-electron chi connectivity index (χ0n) is 12.5. The van der Waals surface area contributed by atoms with Crippen molar-refractivity contribution in [2.24, 2.45) is 5.92 Å². The SMILES string of the molecule is C=C/C=C1/OC(F)(F)O/C1=C/C(C)CCCN1CCCC1. The molecule has 0 spiro atoms. The Morgan fingerprint density at radius 1 is 1.29 bits per heavy atom. The molecule has 0 aromatic carbocycles. The summed E-state index contributed by atoms with van der Waals surface area (Å²) in [5.74, 6) is 0.309. The molecule has 118 valence electrons. The average molecular weight is 299 g/mol. The lowest BCUT2D eigenvalue weighted by Crippen LogP contribution is -2.20. The zero-order chi connectivity index (χ0) is 15.3. The van der Waals surface area contributed by atoms with Crippen LogP contribution in [0.25, 0.3) is 0 Å². The average Bonchev–Trinajstić information content (AvgIpc) is 2.98. The lowest BCUT2D eigenvalue weighted by atomic mass is 10.0. The number of hydrogen-bond acceptors (Lipinski definition) is 3. The normalized spacial score (nSPS) is 26.8. The molecular weight excluding hydrogens is 276 g/mol. The summed E-state index contributed by atoms with van der Waals surface area (Å²) >= 11 is 0. The van der Waals surface area contributed by atoms with Crippen molar-refractivity contribution in [2.75, 3.05) is 19.6 Å². The summed E-state index contributed by atoms with van der Waals surface area (Å²) in [4.78, 5) is 2.45. The molecule has 0 saturated carbocycles. The van der Waals surface area contributed by atoms with E-state index in [4.69, 9.17) is 0 Å². The fourth-order valence-corrected chi connectivity index (χ4v) is 2.70. The number of halogens is 2. The molecule has 0 amide bonds. The largest absolute Gasteiger partial charge is 0.586 e. The number of hydrogen-bond donors (Lipinski definition) is 0. The van der Waals surface area contributed by atoms with Crippen molar-refractivity contribution in [3.63, 3.8) is 0 Å². The molecule has 0 aromatic rings. The molecule has 2 saturated heterocycles. The molecule has 2 heterocycles. The predicted octanol–water partition coefficient (Wildman–Crippen LogP) is 4.05. The molecular formula is C16H23F2NO2. The van der Waals surface area contributed by atoms with Gasteiger partial charge in [0.05, 0.1) is 0 Å². The number of likely N-dealkylation sites (tertiary alicyclic amines) is 1. The number of allylic oxidation sites excluding steroid dienone is 3. The topological polar surface area (TPSA) is 21.7 Å². The first-order chi connectivity index (χ1) is 10.00. The van der Waals surface area contributed by atoms with Gasteiger partial charge < -0.3 is 14.4 Å². The maximum atomic E-state index is 13.1. The highest BCUT2D eigenvalue weighted by Gasteiger charge is 2.45. The van der Waals surface area contributed by atoms with E-state index in [0.29, 0.717) is 0 Å². The van der Waals surface area contributed by atoms with Crippen LogP contribution in [0, 0.1) is 5.92 Å². The third kappa shape index (κ3) is 4.84. The van der Waals surface area contributed by atoms with Gasteiger partial charge in [-0.15, -0.1) is 8.78 Å². The minimum absolute atomic E-state index is 0.0430. The Morgan fingerprint density at radius 3 is 2.62 bits per heavy atom. The molecule has 0 N–H and O–H groups in total. The first kappa shape index (κ1) is 16.0. The van der Waals surface area contributed by atoms with E-state index in [0.717, 1.165) is 19.4 Å². The van der Waals surface area contributed by atoms with E-state index < -0.39 is 6.29 Å². The second-order valence-electron chi connectivity index (χ2n) is 5.63. The van der Waals surface area contributed by atoms with E-state index in [1.54, 1.807) is 6.08 Å². The van der Waals surface area contributed by atoms with Crippen molar-refractivity contribution in [3.05, 3.63) is 36.3 Å². The first-order valence-electron chi connectivity index (χ1n) is 7.53. The van der Waals surface area contributed by atoms with E-state index in [-0.39, 0.29) is 17.4 Å². The molecule has 0 radical (unpaired) electrons. The van der Waals surface area contributed by atoms with Gasteiger partial charge in [0, 0.05) is 0 Å². The van der Waals surface area contributed by atoms with Crippen molar-refractivity contribution < 1.29 is 18.3 Å². The fraction of sp³-hybridized carbons (Fsp3) is 0.625. The van der Waals surface area contributed by atoms with Gasteiger partial charge in [0.25, 0.3) is 0 Å². The van der Waals surface area contributed by atoms with Crippen LogP contribution in [-0.2, 0) is 9.47 Å². The maximum Gasteiger partial charge on any atom is 0.586 e.